The zero-order valence-electron chi connectivity index (χ0n) is 23.8. The van der Waals surface area contributed by atoms with Gasteiger partial charge in [0.05, 0.1) is 30.5 Å². The highest BCUT2D eigenvalue weighted by Crippen LogP contribution is 2.32. The van der Waals surface area contributed by atoms with Crippen LogP contribution in [0.3, 0.4) is 0 Å². The van der Waals surface area contributed by atoms with Gasteiger partial charge in [-0.05, 0) is 58.7 Å². The normalized spacial score (nSPS) is 39.4. The number of aliphatic hydroxyl groups excluding tert-OH is 4. The number of ether oxygens (including phenoxy) is 4. The summed E-state index contributed by atoms with van der Waals surface area (Å²) < 4.78 is 23.8. The molecule has 1 aliphatic carbocycles. The van der Waals surface area contributed by atoms with Gasteiger partial charge in [0.2, 0.25) is 12.2 Å². The van der Waals surface area contributed by atoms with Gasteiger partial charge in [-0.1, -0.05) is 7.43 Å². The van der Waals surface area contributed by atoms with Crippen molar-refractivity contribution < 1.29 is 49.3 Å². The Kier molecular flexibility index (Phi) is 14.5. The van der Waals surface area contributed by atoms with E-state index in [9.17, 15) is 25.2 Å². The van der Waals surface area contributed by atoms with Gasteiger partial charge in [0, 0.05) is 19.1 Å². The largest absolute Gasteiger partial charge is 0.468 e. The van der Waals surface area contributed by atoms with Crippen LogP contribution in [-0.4, -0.2) is 131 Å². The summed E-state index contributed by atoms with van der Waals surface area (Å²) in [5.74, 6) is -0.0519. The van der Waals surface area contributed by atoms with Gasteiger partial charge in [0.1, 0.15) is 36.1 Å². The zero-order valence-corrected chi connectivity index (χ0v) is 23.8. The SMILES string of the molecule is C.CNC1C(O)C(OC2C(NC(=O)C(O)CCN)CC(N)C(OC3OC(CCCCO)=CCC3N)C2O)OCC1(C)O. The number of amides is 1. The summed E-state index contributed by atoms with van der Waals surface area (Å²) in [4.78, 5) is 12.7. The van der Waals surface area contributed by atoms with Crippen LogP contribution in [0.5, 0.6) is 0 Å². The molecule has 0 aromatic carbocycles. The minimum absolute atomic E-state index is 0. The first-order valence-corrected chi connectivity index (χ1v) is 14.3. The van der Waals surface area contributed by atoms with Crippen molar-refractivity contribution in [1.29, 1.82) is 0 Å². The molecule has 1 saturated heterocycles. The third kappa shape index (κ3) is 9.03. The molecule has 2 heterocycles. The van der Waals surface area contributed by atoms with E-state index in [-0.39, 0.29) is 40.0 Å². The molecule has 15 nitrogen and oxygen atoms in total. The predicted octanol–water partition coefficient (Wildman–Crippen LogP) is -3.14. The Hall–Kier alpha value is -1.47. The molecule has 1 saturated carbocycles. The summed E-state index contributed by atoms with van der Waals surface area (Å²) in [5.41, 5.74) is 16.8. The van der Waals surface area contributed by atoms with E-state index in [2.05, 4.69) is 10.6 Å². The van der Waals surface area contributed by atoms with Crippen molar-refractivity contribution in [2.24, 2.45) is 17.2 Å². The molecule has 13 N–H and O–H groups in total. The average molecular weight is 608 g/mol. The van der Waals surface area contributed by atoms with Crippen molar-refractivity contribution in [1.82, 2.24) is 10.6 Å². The van der Waals surface area contributed by atoms with E-state index in [0.29, 0.717) is 31.4 Å². The third-order valence-electron chi connectivity index (χ3n) is 7.88. The Balaban J connectivity index is 0.00000616. The molecule has 1 amide bonds. The average Bonchev–Trinajstić information content (AvgIpc) is 2.91. The molecule has 12 unspecified atom stereocenters. The Labute approximate surface area is 247 Å². The Bertz CT molecular complexity index is 867. The lowest BCUT2D eigenvalue weighted by Crippen LogP contribution is -2.69. The number of unbranched alkanes of at least 4 members (excludes halogenated alkanes) is 1. The minimum Gasteiger partial charge on any atom is -0.468 e. The van der Waals surface area contributed by atoms with Gasteiger partial charge in [-0.3, -0.25) is 4.79 Å². The van der Waals surface area contributed by atoms with Crippen molar-refractivity contribution in [3.63, 3.8) is 0 Å². The number of nitrogens with one attached hydrogen (secondary N) is 2. The second-order valence-electron chi connectivity index (χ2n) is 11.3. The van der Waals surface area contributed by atoms with Crippen molar-refractivity contribution in [3.8, 4) is 0 Å². The first-order chi connectivity index (χ1) is 19.4. The lowest BCUT2D eigenvalue weighted by molar-refractivity contribution is -0.304. The van der Waals surface area contributed by atoms with Crippen molar-refractivity contribution in [3.05, 3.63) is 11.8 Å². The van der Waals surface area contributed by atoms with Gasteiger partial charge in [-0.15, -0.1) is 0 Å². The van der Waals surface area contributed by atoms with E-state index in [4.69, 9.17) is 41.3 Å². The molecule has 0 spiro atoms. The first kappa shape index (κ1) is 36.7. The molecule has 246 valence electrons. The maximum absolute atomic E-state index is 12.7. The van der Waals surface area contributed by atoms with Gasteiger partial charge in [0.15, 0.2) is 6.29 Å². The zero-order chi connectivity index (χ0) is 30.3. The number of aliphatic hydroxyl groups is 5. The molecule has 15 heteroatoms. The third-order valence-corrected chi connectivity index (χ3v) is 7.88. The first-order valence-electron chi connectivity index (χ1n) is 14.3. The second kappa shape index (κ2) is 16.6. The van der Waals surface area contributed by atoms with Gasteiger partial charge in [0.25, 0.3) is 0 Å². The summed E-state index contributed by atoms with van der Waals surface area (Å²) in [6.07, 6.45) is -4.25. The lowest BCUT2D eigenvalue weighted by Gasteiger charge is -2.49. The van der Waals surface area contributed by atoms with Crippen LogP contribution in [-0.2, 0) is 23.7 Å². The molecule has 3 aliphatic rings. The number of hydrogen-bond donors (Lipinski definition) is 10. The van der Waals surface area contributed by atoms with Gasteiger partial charge in [-0.25, -0.2) is 0 Å². The van der Waals surface area contributed by atoms with Crippen LogP contribution in [0.25, 0.3) is 0 Å². The Morgan fingerprint density at radius 1 is 1.17 bits per heavy atom. The highest BCUT2D eigenvalue weighted by atomic mass is 16.7. The van der Waals surface area contributed by atoms with Crippen molar-refractivity contribution in [2.75, 3.05) is 26.8 Å². The second-order valence-corrected chi connectivity index (χ2v) is 11.3. The van der Waals surface area contributed by atoms with Gasteiger partial charge in [-0.2, -0.15) is 0 Å². The maximum atomic E-state index is 12.7. The Morgan fingerprint density at radius 3 is 2.50 bits per heavy atom. The fourth-order valence-corrected chi connectivity index (χ4v) is 5.54. The van der Waals surface area contributed by atoms with Crippen LogP contribution in [0.15, 0.2) is 11.8 Å². The number of allylic oxidation sites excluding steroid dienone is 1. The van der Waals surface area contributed by atoms with E-state index in [1.807, 2.05) is 6.08 Å². The van der Waals surface area contributed by atoms with Crippen LogP contribution in [0.4, 0.5) is 0 Å². The van der Waals surface area contributed by atoms with Crippen molar-refractivity contribution in [2.45, 2.75) is 126 Å². The van der Waals surface area contributed by atoms with Crippen molar-refractivity contribution >= 4 is 5.91 Å². The van der Waals surface area contributed by atoms with E-state index in [0.717, 1.165) is 0 Å². The van der Waals surface area contributed by atoms with Crippen LogP contribution in [0, 0.1) is 0 Å². The molecule has 3 rings (SSSR count). The van der Waals surface area contributed by atoms with Crippen LogP contribution >= 0.6 is 0 Å². The highest BCUT2D eigenvalue weighted by molar-refractivity contribution is 5.80. The summed E-state index contributed by atoms with van der Waals surface area (Å²) in [6, 6.07) is -3.06. The molecule has 0 aromatic heterocycles. The number of carbonyl (C=O) groups is 1. The molecule has 42 heavy (non-hydrogen) atoms. The number of rotatable bonds is 13. The molecule has 2 aliphatic heterocycles. The smallest absolute Gasteiger partial charge is 0.249 e. The predicted molar refractivity (Wildman–Crippen MR) is 152 cm³/mol. The Morgan fingerprint density at radius 2 is 1.86 bits per heavy atom. The minimum atomic E-state index is -1.44. The number of nitrogens with two attached hydrogens (primary N) is 3. The molecular weight excluding hydrogens is 554 g/mol. The molecule has 0 radical (unpaired) electrons. The maximum Gasteiger partial charge on any atom is 0.249 e. The van der Waals surface area contributed by atoms with E-state index < -0.39 is 78.8 Å². The van der Waals surface area contributed by atoms with E-state index in [1.165, 1.54) is 6.92 Å². The summed E-state index contributed by atoms with van der Waals surface area (Å²) in [6.45, 7) is 1.49. The summed E-state index contributed by atoms with van der Waals surface area (Å²) >= 11 is 0. The van der Waals surface area contributed by atoms with Gasteiger partial charge >= 0.3 is 0 Å². The van der Waals surface area contributed by atoms with Crippen LogP contribution in [0.1, 0.15) is 52.9 Å². The molecular formula is C27H53N5O10. The van der Waals surface area contributed by atoms with Crippen LogP contribution < -0.4 is 27.8 Å². The molecule has 12 atom stereocenters. The molecule has 0 bridgehead atoms. The molecule has 2 fully saturated rings. The number of carbonyl (C=O) groups excluding carboxylic acids is 1. The van der Waals surface area contributed by atoms with Gasteiger partial charge < -0.3 is 72.3 Å². The van der Waals surface area contributed by atoms with E-state index >= 15 is 0 Å². The van der Waals surface area contributed by atoms with Crippen LogP contribution in [0.2, 0.25) is 0 Å². The highest BCUT2D eigenvalue weighted by Gasteiger charge is 2.51. The summed E-state index contributed by atoms with van der Waals surface area (Å²) in [7, 11) is 1.57. The monoisotopic (exact) mass is 607 g/mol. The number of likely N-dealkylation sites (N-methyl/N-ethyl adjacent to an activating group) is 1. The number of hydrogen-bond acceptors (Lipinski definition) is 14. The quantitative estimate of drug-likeness (QED) is 0.0928. The van der Waals surface area contributed by atoms with E-state index in [1.54, 1.807) is 7.05 Å². The standard InChI is InChI=1S/C26H49N5O10.CH4/c1-26(37)12-38-25(19(35)22(26)30-2)41-21-16(31-23(36)17(33)8-9-27)11-15(29)20(18(21)34)40-24-14(28)7-6-13(39-24)5-3-4-10-32;/h6,14-22,24-25,30,32-35,37H,3-5,7-12,27-29H2,1-2H3,(H,31,36);1H4. The molecule has 0 aromatic rings. The lowest BCUT2D eigenvalue weighted by atomic mass is 9.83. The topological polar surface area (TPSA) is 257 Å². The summed E-state index contributed by atoms with van der Waals surface area (Å²) in [5, 5.41) is 57.8. The fourth-order valence-electron chi connectivity index (χ4n) is 5.54. The fraction of sp³-hybridized carbons (Fsp3) is 0.889.